The summed E-state index contributed by atoms with van der Waals surface area (Å²) in [6.07, 6.45) is 9.22. The van der Waals surface area contributed by atoms with E-state index < -0.39 is 8.07 Å². The van der Waals surface area contributed by atoms with Crippen molar-refractivity contribution in [2.45, 2.75) is 71.6 Å². The van der Waals surface area contributed by atoms with E-state index in [-0.39, 0.29) is 17.4 Å². The van der Waals surface area contributed by atoms with Crippen molar-refractivity contribution in [3.63, 3.8) is 0 Å². The molecule has 5 rings (SSSR count). The van der Waals surface area contributed by atoms with Crippen LogP contribution in [0.1, 0.15) is 53.1 Å². The summed E-state index contributed by atoms with van der Waals surface area (Å²) in [4.78, 5) is 37.8. The number of nitrogens with zero attached hydrogens (tertiary/aromatic N) is 6. The van der Waals surface area contributed by atoms with Crippen molar-refractivity contribution in [2.75, 3.05) is 31.6 Å². The number of likely N-dealkylation sites (tertiary alicyclic amines) is 1. The van der Waals surface area contributed by atoms with Gasteiger partial charge in [0.25, 0.3) is 11.8 Å². The third-order valence-corrected chi connectivity index (χ3v) is 10.3. The summed E-state index contributed by atoms with van der Waals surface area (Å²) in [6.45, 7) is 16.7. The summed E-state index contributed by atoms with van der Waals surface area (Å²) in [5.74, 6) is -0.542. The number of amides is 2. The van der Waals surface area contributed by atoms with Crippen LogP contribution in [0.4, 0.5) is 5.69 Å². The molecule has 11 nitrogen and oxygen atoms in total. The second kappa shape index (κ2) is 13.2. The highest BCUT2D eigenvalue weighted by Gasteiger charge is 2.31. The van der Waals surface area contributed by atoms with Gasteiger partial charge in [-0.25, -0.2) is 4.98 Å². The lowest BCUT2D eigenvalue weighted by atomic mass is 10.0. The van der Waals surface area contributed by atoms with Crippen LogP contribution in [0.5, 0.6) is 0 Å². The van der Waals surface area contributed by atoms with E-state index in [9.17, 15) is 9.59 Å². The van der Waals surface area contributed by atoms with Crippen molar-refractivity contribution in [3.8, 4) is 11.3 Å². The first kappa shape index (κ1) is 32.5. The summed E-state index contributed by atoms with van der Waals surface area (Å²) in [7, 11) is 0.655. The third kappa shape index (κ3) is 7.86. The monoisotopic (exact) mass is 630 g/mol. The summed E-state index contributed by atoms with van der Waals surface area (Å²) in [6, 6.07) is 6.59. The van der Waals surface area contributed by atoms with Crippen molar-refractivity contribution < 1.29 is 14.3 Å². The summed E-state index contributed by atoms with van der Waals surface area (Å²) in [5, 5.41) is 11.1. The summed E-state index contributed by atoms with van der Waals surface area (Å²) in [5.41, 5.74) is 4.66. The van der Waals surface area contributed by atoms with E-state index in [0.29, 0.717) is 42.4 Å². The number of aryl methyl sites for hydroxylation is 2. The minimum atomic E-state index is -1.23. The Balaban J connectivity index is 1.30. The molecule has 45 heavy (non-hydrogen) atoms. The van der Waals surface area contributed by atoms with Crippen molar-refractivity contribution in [1.82, 2.24) is 34.5 Å². The number of hydrogen-bond donors (Lipinski definition) is 2. The SMILES string of the molecule is Cc1ncc(C(=O)NCCN2CCCC2(C)C)cc1NC(=O)c1cnc2c(c1)cc(-c1cnn(C)c1)n2COCC[Si](C)(C)C. The first-order valence-electron chi connectivity index (χ1n) is 15.7. The Morgan fingerprint density at radius 3 is 2.49 bits per heavy atom. The topological polar surface area (TPSA) is 119 Å². The molecule has 1 aliphatic rings. The molecule has 4 aromatic rings. The van der Waals surface area contributed by atoms with Gasteiger partial charge in [0.1, 0.15) is 12.4 Å². The second-order valence-electron chi connectivity index (χ2n) is 13.8. The molecule has 0 radical (unpaired) electrons. The predicted octanol–water partition coefficient (Wildman–Crippen LogP) is 5.31. The van der Waals surface area contributed by atoms with Crippen LogP contribution >= 0.6 is 0 Å². The van der Waals surface area contributed by atoms with Gasteiger partial charge in [-0.1, -0.05) is 19.6 Å². The highest BCUT2D eigenvalue weighted by Crippen LogP contribution is 2.29. The minimum absolute atomic E-state index is 0.162. The van der Waals surface area contributed by atoms with Gasteiger partial charge in [0, 0.05) is 69.9 Å². The minimum Gasteiger partial charge on any atom is -0.361 e. The quantitative estimate of drug-likeness (QED) is 0.161. The Hall–Kier alpha value is -3.87. The van der Waals surface area contributed by atoms with Crippen molar-refractivity contribution in [1.29, 1.82) is 0 Å². The van der Waals surface area contributed by atoms with Gasteiger partial charge < -0.3 is 19.9 Å². The van der Waals surface area contributed by atoms with Crippen LogP contribution in [0.2, 0.25) is 25.7 Å². The smallest absolute Gasteiger partial charge is 0.257 e. The number of nitrogens with one attached hydrogen (secondary N) is 2. The van der Waals surface area contributed by atoms with Gasteiger partial charge in [0.2, 0.25) is 0 Å². The van der Waals surface area contributed by atoms with Gasteiger partial charge in [-0.3, -0.25) is 24.2 Å². The number of aromatic nitrogens is 5. The van der Waals surface area contributed by atoms with Gasteiger partial charge in [-0.05, 0) is 64.4 Å². The Bertz CT molecular complexity index is 1690. The highest BCUT2D eigenvalue weighted by atomic mass is 28.3. The molecule has 2 amide bonds. The normalized spacial score (nSPS) is 15.1. The maximum atomic E-state index is 13.4. The molecule has 1 fully saturated rings. The third-order valence-electron chi connectivity index (χ3n) is 8.55. The van der Waals surface area contributed by atoms with Crippen molar-refractivity contribution in [3.05, 3.63) is 59.8 Å². The number of fused-ring (bicyclic) bond motifs is 1. The maximum absolute atomic E-state index is 13.4. The number of anilines is 1. The molecule has 0 saturated carbocycles. The molecule has 4 aromatic heterocycles. The average molecular weight is 631 g/mol. The highest BCUT2D eigenvalue weighted by molar-refractivity contribution is 6.76. The van der Waals surface area contributed by atoms with Gasteiger partial charge in [0.05, 0.1) is 34.4 Å². The molecule has 240 valence electrons. The van der Waals surface area contributed by atoms with Gasteiger partial charge in [-0.2, -0.15) is 5.10 Å². The first-order chi connectivity index (χ1) is 21.3. The van der Waals surface area contributed by atoms with E-state index in [4.69, 9.17) is 4.74 Å². The Morgan fingerprint density at radius 2 is 1.80 bits per heavy atom. The molecule has 0 spiro atoms. The molecule has 12 heteroatoms. The molecular weight excluding hydrogens is 585 g/mol. The molecule has 1 aliphatic heterocycles. The van der Waals surface area contributed by atoms with Crippen LogP contribution in [-0.4, -0.2) is 80.9 Å². The molecule has 0 aliphatic carbocycles. The average Bonchev–Trinajstić information content (AvgIpc) is 3.67. The summed E-state index contributed by atoms with van der Waals surface area (Å²) >= 11 is 0. The van der Waals surface area contributed by atoms with Crippen LogP contribution in [0.25, 0.3) is 22.3 Å². The lowest BCUT2D eigenvalue weighted by molar-refractivity contribution is 0.0909. The van der Waals surface area contributed by atoms with E-state index in [1.165, 1.54) is 12.8 Å². The Morgan fingerprint density at radius 1 is 1.04 bits per heavy atom. The van der Waals surface area contributed by atoms with Gasteiger partial charge in [0.15, 0.2) is 0 Å². The van der Waals surface area contributed by atoms with Crippen molar-refractivity contribution >= 4 is 36.6 Å². The molecule has 0 unspecified atom stereocenters. The number of carbonyl (C=O) groups is 2. The van der Waals surface area contributed by atoms with Gasteiger partial charge in [-0.15, -0.1) is 0 Å². The van der Waals surface area contributed by atoms with E-state index in [1.54, 1.807) is 30.1 Å². The molecule has 5 heterocycles. The van der Waals surface area contributed by atoms with Crippen LogP contribution in [0.15, 0.2) is 43.0 Å². The largest absolute Gasteiger partial charge is 0.361 e. The van der Waals surface area contributed by atoms with Crippen LogP contribution in [-0.2, 0) is 18.5 Å². The molecule has 1 saturated heterocycles. The van der Waals surface area contributed by atoms with E-state index in [2.05, 4.69) is 64.1 Å². The second-order valence-corrected chi connectivity index (χ2v) is 19.4. The molecule has 0 aromatic carbocycles. The van der Waals surface area contributed by atoms with E-state index in [1.807, 2.05) is 36.1 Å². The van der Waals surface area contributed by atoms with E-state index >= 15 is 0 Å². The molecule has 2 N–H and O–H groups in total. The zero-order valence-electron chi connectivity index (χ0n) is 27.6. The van der Waals surface area contributed by atoms with E-state index in [0.717, 1.165) is 41.4 Å². The van der Waals surface area contributed by atoms with Crippen LogP contribution in [0.3, 0.4) is 0 Å². The Labute approximate surface area is 266 Å². The fraction of sp³-hybridized carbons (Fsp3) is 0.485. The van der Waals surface area contributed by atoms with Crippen molar-refractivity contribution in [2.24, 2.45) is 7.05 Å². The Kier molecular flexibility index (Phi) is 9.56. The number of rotatable bonds is 12. The fourth-order valence-electron chi connectivity index (χ4n) is 5.69. The first-order valence-corrected chi connectivity index (χ1v) is 19.4. The molecule has 0 bridgehead atoms. The van der Waals surface area contributed by atoms with Crippen LogP contribution < -0.4 is 10.6 Å². The lowest BCUT2D eigenvalue weighted by Gasteiger charge is -2.31. The maximum Gasteiger partial charge on any atom is 0.257 e. The lowest BCUT2D eigenvalue weighted by Crippen LogP contribution is -2.43. The number of carbonyl (C=O) groups excluding carboxylic acids is 2. The summed E-state index contributed by atoms with van der Waals surface area (Å²) < 4.78 is 9.89. The predicted molar refractivity (Wildman–Crippen MR) is 180 cm³/mol. The zero-order chi connectivity index (χ0) is 32.4. The van der Waals surface area contributed by atoms with Gasteiger partial charge >= 0.3 is 0 Å². The number of hydrogen-bond acceptors (Lipinski definition) is 7. The van der Waals surface area contributed by atoms with Crippen LogP contribution in [0, 0.1) is 6.92 Å². The number of ether oxygens (including phenoxy) is 1. The fourth-order valence-corrected chi connectivity index (χ4v) is 6.45. The standard InChI is InChI=1S/C33H46N8O3Si/c1-23-28(16-26(18-35-23)31(42)34-10-12-40-11-8-9-33(40,2)3)38-32(43)25-15-24-17-29(27-20-37-39(4)21-27)41(30(24)36-19-25)22-44-13-14-45(5,6)7/h15-21H,8-14,22H2,1-7H3,(H,34,42)(H,38,43). The molecule has 0 atom stereocenters. The number of pyridine rings is 2. The molecular formula is C33H46N8O3Si. The zero-order valence-corrected chi connectivity index (χ0v) is 28.6.